The zero-order valence-electron chi connectivity index (χ0n) is 11.1. The summed E-state index contributed by atoms with van der Waals surface area (Å²) >= 11 is 0. The summed E-state index contributed by atoms with van der Waals surface area (Å²) in [5.41, 5.74) is 3.26. The molecule has 0 aliphatic heterocycles. The lowest BCUT2D eigenvalue weighted by atomic mass is 10.1. The van der Waals surface area contributed by atoms with Crippen LogP contribution in [0.2, 0.25) is 0 Å². The van der Waals surface area contributed by atoms with Crippen molar-refractivity contribution in [3.63, 3.8) is 0 Å². The SMILES string of the molecule is c1ccc(OCc2ccc(-c3ccccn3)cc2)cc1. The van der Waals surface area contributed by atoms with E-state index in [0.29, 0.717) is 6.61 Å². The molecule has 0 aliphatic carbocycles. The number of hydrogen-bond donors (Lipinski definition) is 0. The Morgan fingerprint density at radius 3 is 2.20 bits per heavy atom. The van der Waals surface area contributed by atoms with E-state index in [2.05, 4.69) is 29.2 Å². The minimum absolute atomic E-state index is 0.576. The highest BCUT2D eigenvalue weighted by molar-refractivity contribution is 5.58. The summed E-state index contributed by atoms with van der Waals surface area (Å²) in [7, 11) is 0. The van der Waals surface area contributed by atoms with E-state index in [1.54, 1.807) is 0 Å². The molecule has 3 aromatic rings. The van der Waals surface area contributed by atoms with Gasteiger partial charge in [-0.1, -0.05) is 48.5 Å². The molecule has 0 aliphatic rings. The molecule has 3 rings (SSSR count). The summed E-state index contributed by atoms with van der Waals surface area (Å²) in [5.74, 6) is 0.890. The van der Waals surface area contributed by atoms with E-state index in [9.17, 15) is 0 Å². The average molecular weight is 261 g/mol. The molecule has 20 heavy (non-hydrogen) atoms. The van der Waals surface area contributed by atoms with Gasteiger partial charge in [-0.05, 0) is 29.8 Å². The Kier molecular flexibility index (Phi) is 3.74. The molecular weight excluding hydrogens is 246 g/mol. The fraction of sp³-hybridized carbons (Fsp3) is 0.0556. The monoisotopic (exact) mass is 261 g/mol. The van der Waals surface area contributed by atoms with E-state index in [-0.39, 0.29) is 0 Å². The van der Waals surface area contributed by atoms with Crippen LogP contribution in [0.4, 0.5) is 0 Å². The molecule has 0 bridgehead atoms. The Balaban J connectivity index is 1.68. The molecule has 0 unspecified atom stereocenters. The van der Waals surface area contributed by atoms with Crippen molar-refractivity contribution in [2.75, 3.05) is 0 Å². The van der Waals surface area contributed by atoms with E-state index in [1.165, 1.54) is 0 Å². The maximum absolute atomic E-state index is 5.72. The van der Waals surface area contributed by atoms with Gasteiger partial charge in [0.1, 0.15) is 12.4 Å². The van der Waals surface area contributed by atoms with Gasteiger partial charge in [0.25, 0.3) is 0 Å². The molecule has 1 heterocycles. The molecule has 98 valence electrons. The lowest BCUT2D eigenvalue weighted by Gasteiger charge is -2.07. The van der Waals surface area contributed by atoms with Gasteiger partial charge < -0.3 is 4.74 Å². The predicted molar refractivity (Wildman–Crippen MR) is 80.4 cm³/mol. The van der Waals surface area contributed by atoms with Gasteiger partial charge in [0.05, 0.1) is 5.69 Å². The fourth-order valence-corrected chi connectivity index (χ4v) is 1.99. The molecule has 1 aromatic heterocycles. The molecule has 0 saturated heterocycles. The zero-order chi connectivity index (χ0) is 13.6. The molecule has 0 radical (unpaired) electrons. The number of hydrogen-bond acceptors (Lipinski definition) is 2. The topological polar surface area (TPSA) is 22.1 Å². The minimum atomic E-state index is 0.576. The third-order valence-corrected chi connectivity index (χ3v) is 3.06. The largest absolute Gasteiger partial charge is 0.489 e. The van der Waals surface area contributed by atoms with Crippen molar-refractivity contribution in [2.45, 2.75) is 6.61 Å². The lowest BCUT2D eigenvalue weighted by molar-refractivity contribution is 0.306. The molecule has 2 nitrogen and oxygen atoms in total. The van der Waals surface area contributed by atoms with Crippen LogP contribution in [0.5, 0.6) is 5.75 Å². The van der Waals surface area contributed by atoms with Gasteiger partial charge in [-0.3, -0.25) is 4.98 Å². The molecule has 0 spiro atoms. The van der Waals surface area contributed by atoms with Crippen LogP contribution in [-0.2, 0) is 6.61 Å². The van der Waals surface area contributed by atoms with E-state index in [0.717, 1.165) is 22.6 Å². The highest BCUT2D eigenvalue weighted by Gasteiger charge is 1.99. The van der Waals surface area contributed by atoms with Crippen molar-refractivity contribution < 1.29 is 4.74 Å². The highest BCUT2D eigenvalue weighted by atomic mass is 16.5. The van der Waals surface area contributed by atoms with Crippen molar-refractivity contribution in [3.05, 3.63) is 84.6 Å². The van der Waals surface area contributed by atoms with Gasteiger partial charge in [0.15, 0.2) is 0 Å². The number of aromatic nitrogens is 1. The number of pyridine rings is 1. The first-order chi connectivity index (χ1) is 9.92. The van der Waals surface area contributed by atoms with Crippen LogP contribution in [0, 0.1) is 0 Å². The first-order valence-electron chi connectivity index (χ1n) is 6.60. The lowest BCUT2D eigenvalue weighted by Crippen LogP contribution is -1.95. The Labute approximate surface area is 118 Å². The van der Waals surface area contributed by atoms with Crippen LogP contribution in [-0.4, -0.2) is 4.98 Å². The molecular formula is C18H15NO. The highest BCUT2D eigenvalue weighted by Crippen LogP contribution is 2.18. The maximum Gasteiger partial charge on any atom is 0.119 e. The predicted octanol–water partition coefficient (Wildman–Crippen LogP) is 4.33. The van der Waals surface area contributed by atoms with Crippen LogP contribution in [0.3, 0.4) is 0 Å². The number of benzene rings is 2. The second-order valence-corrected chi connectivity index (χ2v) is 4.51. The van der Waals surface area contributed by atoms with E-state index < -0.39 is 0 Å². The van der Waals surface area contributed by atoms with Crippen LogP contribution in [0.25, 0.3) is 11.3 Å². The van der Waals surface area contributed by atoms with E-state index in [1.807, 2.05) is 54.7 Å². The van der Waals surface area contributed by atoms with Crippen LogP contribution < -0.4 is 4.74 Å². The van der Waals surface area contributed by atoms with Gasteiger partial charge in [0, 0.05) is 11.8 Å². The van der Waals surface area contributed by atoms with Crippen molar-refractivity contribution in [1.82, 2.24) is 4.98 Å². The van der Waals surface area contributed by atoms with E-state index in [4.69, 9.17) is 4.74 Å². The van der Waals surface area contributed by atoms with Crippen molar-refractivity contribution in [3.8, 4) is 17.0 Å². The van der Waals surface area contributed by atoms with Crippen molar-refractivity contribution in [1.29, 1.82) is 0 Å². The molecule has 0 N–H and O–H groups in total. The average Bonchev–Trinajstić information content (AvgIpc) is 2.55. The number of para-hydroxylation sites is 1. The zero-order valence-corrected chi connectivity index (χ0v) is 11.1. The van der Waals surface area contributed by atoms with Gasteiger partial charge in [-0.2, -0.15) is 0 Å². The molecule has 2 heteroatoms. The molecule has 0 amide bonds. The van der Waals surface area contributed by atoms with Crippen LogP contribution >= 0.6 is 0 Å². The minimum Gasteiger partial charge on any atom is -0.489 e. The Morgan fingerprint density at radius 2 is 1.50 bits per heavy atom. The summed E-state index contributed by atoms with van der Waals surface area (Å²) < 4.78 is 5.72. The molecule has 0 atom stereocenters. The van der Waals surface area contributed by atoms with Gasteiger partial charge >= 0.3 is 0 Å². The van der Waals surface area contributed by atoms with Gasteiger partial charge in [-0.25, -0.2) is 0 Å². The fourth-order valence-electron chi connectivity index (χ4n) is 1.99. The quantitative estimate of drug-likeness (QED) is 0.697. The smallest absolute Gasteiger partial charge is 0.119 e. The third kappa shape index (κ3) is 3.04. The number of rotatable bonds is 4. The standard InChI is InChI=1S/C18H15NO/c1-2-6-17(7-3-1)20-14-15-9-11-16(12-10-15)18-8-4-5-13-19-18/h1-13H,14H2. The Morgan fingerprint density at radius 1 is 0.750 bits per heavy atom. The summed E-state index contributed by atoms with van der Waals surface area (Å²) in [4.78, 5) is 4.34. The molecule has 0 fully saturated rings. The summed E-state index contributed by atoms with van der Waals surface area (Å²) in [6.07, 6.45) is 1.81. The third-order valence-electron chi connectivity index (χ3n) is 3.06. The van der Waals surface area contributed by atoms with Crippen molar-refractivity contribution >= 4 is 0 Å². The molecule has 2 aromatic carbocycles. The van der Waals surface area contributed by atoms with Gasteiger partial charge in [-0.15, -0.1) is 0 Å². The van der Waals surface area contributed by atoms with E-state index >= 15 is 0 Å². The maximum atomic E-state index is 5.72. The normalized spacial score (nSPS) is 10.2. The second-order valence-electron chi connectivity index (χ2n) is 4.51. The summed E-state index contributed by atoms with van der Waals surface area (Å²) in [6, 6.07) is 24.1. The number of nitrogens with zero attached hydrogens (tertiary/aromatic N) is 1. The van der Waals surface area contributed by atoms with Crippen LogP contribution in [0.15, 0.2) is 79.0 Å². The van der Waals surface area contributed by atoms with Crippen LogP contribution in [0.1, 0.15) is 5.56 Å². The summed E-state index contributed by atoms with van der Waals surface area (Å²) in [5, 5.41) is 0. The van der Waals surface area contributed by atoms with Crippen molar-refractivity contribution in [2.24, 2.45) is 0 Å². The second kappa shape index (κ2) is 6.02. The van der Waals surface area contributed by atoms with Gasteiger partial charge in [0.2, 0.25) is 0 Å². The number of ether oxygens (including phenoxy) is 1. The summed E-state index contributed by atoms with van der Waals surface area (Å²) in [6.45, 7) is 0.576. The molecule has 0 saturated carbocycles. The Hall–Kier alpha value is -2.61. The Bertz CT molecular complexity index is 648. The first kappa shape index (κ1) is 12.4. The first-order valence-corrected chi connectivity index (χ1v) is 6.60.